The predicted octanol–water partition coefficient (Wildman–Crippen LogP) is 1.46. The first-order valence-electron chi connectivity index (χ1n) is 3.64. The van der Waals surface area contributed by atoms with Gasteiger partial charge >= 0.3 is 5.97 Å². The number of ether oxygens (including phenoxy) is 1. The largest absolute Gasteiger partial charge is 0.467 e. The van der Waals surface area contributed by atoms with Crippen LogP contribution in [0.3, 0.4) is 0 Å². The number of allylic oxidation sites excluding steroid dienone is 2. The zero-order valence-corrected chi connectivity index (χ0v) is 6.42. The Morgan fingerprint density at radius 3 is 3.00 bits per heavy atom. The van der Waals surface area contributed by atoms with Crippen molar-refractivity contribution >= 4 is 5.97 Å². The summed E-state index contributed by atoms with van der Waals surface area (Å²) in [6, 6.07) is 0. The molecule has 0 bridgehead atoms. The van der Waals surface area contributed by atoms with Crippen LogP contribution >= 0.6 is 0 Å². The zero-order chi connectivity index (χ0) is 8.27. The molecule has 2 unspecified atom stereocenters. The topological polar surface area (TPSA) is 26.3 Å². The van der Waals surface area contributed by atoms with Crippen molar-refractivity contribution < 1.29 is 13.9 Å². The third-order valence-corrected chi connectivity index (χ3v) is 1.85. The lowest BCUT2D eigenvalue weighted by Gasteiger charge is -2.10. The number of rotatable bonds is 2. The fourth-order valence-electron chi connectivity index (χ4n) is 1.19. The molecule has 2 atom stereocenters. The number of hydrogen-bond acceptors (Lipinski definition) is 2. The van der Waals surface area contributed by atoms with E-state index in [1.165, 1.54) is 7.11 Å². The van der Waals surface area contributed by atoms with Crippen LogP contribution in [0.5, 0.6) is 0 Å². The summed E-state index contributed by atoms with van der Waals surface area (Å²) >= 11 is 0. The van der Waals surface area contributed by atoms with E-state index in [2.05, 4.69) is 4.74 Å². The van der Waals surface area contributed by atoms with E-state index < -0.39 is 12.1 Å². The van der Waals surface area contributed by atoms with Gasteiger partial charge in [0.1, 0.15) is 0 Å². The van der Waals surface area contributed by atoms with E-state index in [1.807, 2.05) is 6.08 Å². The molecule has 0 spiro atoms. The summed E-state index contributed by atoms with van der Waals surface area (Å²) in [5, 5.41) is 0. The second-order valence-corrected chi connectivity index (χ2v) is 2.59. The van der Waals surface area contributed by atoms with Crippen LogP contribution in [0.15, 0.2) is 12.2 Å². The number of halogens is 1. The molecule has 0 aromatic heterocycles. The molecule has 2 nitrogen and oxygen atoms in total. The van der Waals surface area contributed by atoms with Crippen LogP contribution in [0, 0.1) is 5.92 Å². The van der Waals surface area contributed by atoms with Crippen molar-refractivity contribution in [3.8, 4) is 0 Å². The average molecular weight is 158 g/mol. The molecular weight excluding hydrogens is 147 g/mol. The summed E-state index contributed by atoms with van der Waals surface area (Å²) < 4.78 is 17.3. The van der Waals surface area contributed by atoms with Gasteiger partial charge in [-0.15, -0.1) is 0 Å². The van der Waals surface area contributed by atoms with Crippen molar-refractivity contribution in [2.45, 2.75) is 19.0 Å². The van der Waals surface area contributed by atoms with Crippen molar-refractivity contribution in [3.05, 3.63) is 12.2 Å². The van der Waals surface area contributed by atoms with Gasteiger partial charge in [0.05, 0.1) is 7.11 Å². The summed E-state index contributed by atoms with van der Waals surface area (Å²) in [6.45, 7) is 0. The Morgan fingerprint density at radius 2 is 2.55 bits per heavy atom. The molecule has 0 N–H and O–H groups in total. The van der Waals surface area contributed by atoms with E-state index in [9.17, 15) is 9.18 Å². The van der Waals surface area contributed by atoms with Crippen LogP contribution in [-0.4, -0.2) is 19.3 Å². The lowest BCUT2D eigenvalue weighted by molar-refractivity contribution is -0.147. The minimum Gasteiger partial charge on any atom is -0.467 e. The van der Waals surface area contributed by atoms with E-state index in [-0.39, 0.29) is 5.92 Å². The van der Waals surface area contributed by atoms with E-state index in [1.54, 1.807) is 6.08 Å². The molecule has 0 radical (unpaired) electrons. The van der Waals surface area contributed by atoms with Crippen molar-refractivity contribution in [1.29, 1.82) is 0 Å². The molecule has 1 aliphatic rings. The van der Waals surface area contributed by atoms with Gasteiger partial charge in [0, 0.05) is 5.92 Å². The Balaban J connectivity index is 2.46. The Hall–Kier alpha value is -0.860. The molecule has 1 rings (SSSR count). The minimum atomic E-state index is -1.47. The zero-order valence-electron chi connectivity index (χ0n) is 6.42. The maximum Gasteiger partial charge on any atom is 0.341 e. The van der Waals surface area contributed by atoms with E-state index >= 15 is 0 Å². The first-order valence-corrected chi connectivity index (χ1v) is 3.64. The lowest BCUT2D eigenvalue weighted by atomic mass is 10.0. The van der Waals surface area contributed by atoms with Gasteiger partial charge in [0.2, 0.25) is 6.17 Å². The summed E-state index contributed by atoms with van der Waals surface area (Å²) in [5.41, 5.74) is 0. The van der Waals surface area contributed by atoms with Gasteiger partial charge in [0.25, 0.3) is 0 Å². The average Bonchev–Trinajstić information content (AvgIpc) is 2.53. The molecule has 62 valence electrons. The Morgan fingerprint density at radius 1 is 1.82 bits per heavy atom. The van der Waals surface area contributed by atoms with Crippen LogP contribution in [0.2, 0.25) is 0 Å². The fourth-order valence-corrected chi connectivity index (χ4v) is 1.19. The van der Waals surface area contributed by atoms with Gasteiger partial charge in [-0.1, -0.05) is 12.2 Å². The molecule has 0 aromatic rings. The summed E-state index contributed by atoms with van der Waals surface area (Å²) in [7, 11) is 1.20. The molecule has 0 saturated carbocycles. The highest BCUT2D eigenvalue weighted by Gasteiger charge is 2.28. The fraction of sp³-hybridized carbons (Fsp3) is 0.625. The summed E-state index contributed by atoms with van der Waals surface area (Å²) in [6.07, 6.45) is 3.74. The van der Waals surface area contributed by atoms with Crippen LogP contribution in [0.25, 0.3) is 0 Å². The first kappa shape index (κ1) is 8.24. The Labute approximate surface area is 65.0 Å². The number of methoxy groups -OCH3 is 1. The third kappa shape index (κ3) is 1.79. The van der Waals surface area contributed by atoms with Crippen molar-refractivity contribution in [2.75, 3.05) is 7.11 Å². The number of esters is 1. The van der Waals surface area contributed by atoms with Crippen molar-refractivity contribution in [1.82, 2.24) is 0 Å². The lowest BCUT2D eigenvalue weighted by Crippen LogP contribution is -2.24. The molecule has 0 saturated heterocycles. The SMILES string of the molecule is COC(=O)C(F)C1C=CCC1. The molecule has 0 amide bonds. The highest BCUT2D eigenvalue weighted by atomic mass is 19.1. The molecule has 3 heteroatoms. The second-order valence-electron chi connectivity index (χ2n) is 2.59. The molecule has 0 heterocycles. The maximum atomic E-state index is 13.0. The minimum absolute atomic E-state index is 0.262. The number of alkyl halides is 1. The predicted molar refractivity (Wildman–Crippen MR) is 38.8 cm³/mol. The van der Waals surface area contributed by atoms with Crippen LogP contribution < -0.4 is 0 Å². The smallest absolute Gasteiger partial charge is 0.341 e. The highest BCUT2D eigenvalue weighted by Crippen LogP contribution is 2.23. The van der Waals surface area contributed by atoms with Gasteiger partial charge in [-0.2, -0.15) is 0 Å². The van der Waals surface area contributed by atoms with Gasteiger partial charge in [-0.3, -0.25) is 0 Å². The quantitative estimate of drug-likeness (QED) is 0.449. The standard InChI is InChI=1S/C8H11FO2/c1-11-8(10)7(9)6-4-2-3-5-6/h2,4,6-7H,3,5H2,1H3. The van der Waals surface area contributed by atoms with Gasteiger partial charge in [-0.05, 0) is 12.8 Å². The monoisotopic (exact) mass is 158 g/mol. The Bertz CT molecular complexity index is 177. The molecular formula is C8H11FO2. The molecule has 0 fully saturated rings. The molecule has 1 aliphatic carbocycles. The first-order chi connectivity index (χ1) is 5.25. The number of carbonyl (C=O) groups is 1. The normalized spacial score (nSPS) is 25.1. The second kappa shape index (κ2) is 3.51. The third-order valence-electron chi connectivity index (χ3n) is 1.85. The van der Waals surface area contributed by atoms with Gasteiger partial charge in [-0.25, -0.2) is 9.18 Å². The van der Waals surface area contributed by atoms with Crippen LogP contribution in [0.1, 0.15) is 12.8 Å². The number of hydrogen-bond donors (Lipinski definition) is 0. The van der Waals surface area contributed by atoms with Gasteiger partial charge in [0.15, 0.2) is 0 Å². The molecule has 0 aromatic carbocycles. The summed E-state index contributed by atoms with van der Waals surface area (Å²) in [4.78, 5) is 10.7. The van der Waals surface area contributed by atoms with Gasteiger partial charge < -0.3 is 4.74 Å². The summed E-state index contributed by atoms with van der Waals surface area (Å²) in [5.74, 6) is -1.02. The molecule has 11 heavy (non-hydrogen) atoms. The van der Waals surface area contributed by atoms with E-state index in [0.29, 0.717) is 0 Å². The molecule has 0 aliphatic heterocycles. The number of carbonyl (C=O) groups excluding carboxylic acids is 1. The Kier molecular flexibility index (Phi) is 2.63. The van der Waals surface area contributed by atoms with Crippen molar-refractivity contribution in [2.24, 2.45) is 5.92 Å². The van der Waals surface area contributed by atoms with E-state index in [4.69, 9.17) is 0 Å². The van der Waals surface area contributed by atoms with E-state index in [0.717, 1.165) is 12.8 Å². The van der Waals surface area contributed by atoms with Crippen LogP contribution in [-0.2, 0) is 9.53 Å². The van der Waals surface area contributed by atoms with Crippen LogP contribution in [0.4, 0.5) is 4.39 Å². The van der Waals surface area contributed by atoms with Crippen molar-refractivity contribution in [3.63, 3.8) is 0 Å². The maximum absolute atomic E-state index is 13.0. The highest BCUT2D eigenvalue weighted by molar-refractivity contribution is 5.75.